The van der Waals surface area contributed by atoms with E-state index in [0.29, 0.717) is 54.9 Å². The van der Waals surface area contributed by atoms with E-state index in [-0.39, 0.29) is 69.5 Å². The molecule has 610 valence electrons. The van der Waals surface area contributed by atoms with Crippen LogP contribution in [0, 0.1) is 11.8 Å². The number of pyridine rings is 2. The van der Waals surface area contributed by atoms with Crippen LogP contribution in [-0.2, 0) is 72.5 Å². The molecule has 4 aliphatic carbocycles. The van der Waals surface area contributed by atoms with Crippen LogP contribution in [0.1, 0.15) is 147 Å². The minimum absolute atomic E-state index is 0. The molecule has 7 amide bonds. The molecular formula is C75H108Cl2N10O21S2. The van der Waals surface area contributed by atoms with Crippen molar-refractivity contribution in [1.29, 1.82) is 0 Å². The third-order valence-corrected chi connectivity index (χ3v) is 24.4. The first-order chi connectivity index (χ1) is 50.7. The molecular weight excluding hydrogens is 1510 g/mol. The molecule has 31 nitrogen and oxygen atoms in total. The molecule has 2 aliphatic heterocycles. The summed E-state index contributed by atoms with van der Waals surface area (Å²) >= 11 is 0. The van der Waals surface area contributed by atoms with Gasteiger partial charge in [-0.2, -0.15) is 0 Å². The number of sulfonamides is 2. The molecule has 35 heteroatoms. The van der Waals surface area contributed by atoms with Crippen LogP contribution >= 0.6 is 24.8 Å². The Labute approximate surface area is 655 Å². The maximum absolute atomic E-state index is 14.4. The number of nitrogens with zero attached hydrogens (tertiary/aromatic N) is 4. The van der Waals surface area contributed by atoms with Gasteiger partial charge < -0.3 is 74.1 Å². The van der Waals surface area contributed by atoms with Crippen molar-refractivity contribution in [2.24, 2.45) is 17.6 Å². The van der Waals surface area contributed by atoms with Crippen molar-refractivity contribution < 1.29 is 97.8 Å². The largest absolute Gasteiger partial charge is 0.509 e. The van der Waals surface area contributed by atoms with E-state index in [1.165, 1.54) is 36.2 Å². The zero-order valence-corrected chi connectivity index (χ0v) is 68.3. The van der Waals surface area contributed by atoms with Crippen molar-refractivity contribution in [3.05, 3.63) is 86.2 Å². The summed E-state index contributed by atoms with van der Waals surface area (Å²) in [6.45, 7) is 27.4. The molecule has 12 atom stereocenters. The first-order valence-corrected chi connectivity index (χ1v) is 39.4. The molecule has 110 heavy (non-hydrogen) atoms. The standard InChI is InChI=1S/C35H47N5O10S.C29H37N5O8S.C11H22O3.2ClH/c1-8-22-18-35(22,32(43)39-51(45,46)25-11-12-25)38-29(41)27-17-24(49-30-26-13-10-23(48-7)16-21(26)14-15-36-30)19-40(27)31(42)28(20(3)47-6)37-33(44)50-34(4,5)9-2;1-5-18-14-29(18,28(37)33-43(38,39)21-7-8-21)32-25(35)23-13-20(15-34(23)27(36)24(30)16(2)40-3)42-26-22-9-6-19(41-4)12-17(22)10-11-31-26;1-7-10(3,4)13-9(12)14-11(5,6)8-2;;/h8,10,13-16,20,22,24-25,27-28H,1,9,11-12,17-19H2,2-7H3,(H,37,44)(H,38,41)(H,39,43);5-6,9-12,16,18,20-21,23-24H,1,7-8,13-15,30H2,2-4H3,(H,32,35)(H,33,37);7-8H2,1-6H3;2*1H/t20-,22+,24+,27-,28?,35+;16-,18+,20+,23-,24-,29+;;;/m00.../s1. The normalized spacial score (nSPS) is 23.1. The molecule has 4 aromatic rings. The van der Waals surface area contributed by atoms with E-state index in [2.05, 4.69) is 48.5 Å². The van der Waals surface area contributed by atoms with Gasteiger partial charge in [-0.1, -0.05) is 32.9 Å². The molecule has 0 radical (unpaired) electrons. The lowest BCUT2D eigenvalue weighted by molar-refractivity contribution is -0.143. The second-order valence-corrected chi connectivity index (χ2v) is 33.9. The molecule has 1 unspecified atom stereocenters. The molecule has 2 aromatic carbocycles. The Morgan fingerprint density at radius 1 is 0.591 bits per heavy atom. The number of carbonyl (C=O) groups excluding carboxylic acids is 8. The molecule has 6 aliphatic rings. The average molecular weight is 1620 g/mol. The van der Waals surface area contributed by atoms with Gasteiger partial charge in [-0.15, -0.1) is 38.0 Å². The lowest BCUT2D eigenvalue weighted by Gasteiger charge is -2.32. The number of likely N-dealkylation sites (tertiary alicyclic amines) is 2. The second kappa shape index (κ2) is 36.9. The number of nitrogens with two attached hydrogens (primary N) is 1. The number of fused-ring (bicyclic) bond motifs is 2. The fraction of sp³-hybridized carbons (Fsp3) is 0.600. The summed E-state index contributed by atoms with van der Waals surface area (Å²) in [5, 5.41) is 9.88. The minimum Gasteiger partial charge on any atom is -0.497 e. The molecule has 2 saturated heterocycles. The third-order valence-electron chi connectivity index (χ3n) is 20.8. The van der Waals surface area contributed by atoms with Crippen LogP contribution in [0.2, 0.25) is 0 Å². The second-order valence-electron chi connectivity index (χ2n) is 29.9. The summed E-state index contributed by atoms with van der Waals surface area (Å²) in [4.78, 5) is 118. The van der Waals surface area contributed by atoms with Crippen molar-refractivity contribution >= 4 is 114 Å². The van der Waals surface area contributed by atoms with Crippen LogP contribution in [0.5, 0.6) is 23.3 Å². The fourth-order valence-electron chi connectivity index (χ4n) is 12.1. The number of nitrogens with one attached hydrogen (secondary N) is 5. The monoisotopic (exact) mass is 1620 g/mol. The van der Waals surface area contributed by atoms with Gasteiger partial charge in [-0.05, 0) is 172 Å². The van der Waals surface area contributed by atoms with Crippen molar-refractivity contribution in [2.45, 2.75) is 234 Å². The summed E-state index contributed by atoms with van der Waals surface area (Å²) in [5.41, 5.74) is 1.43. The number of hydrogen-bond donors (Lipinski definition) is 6. The lowest BCUT2D eigenvalue weighted by atomic mass is 10.1. The van der Waals surface area contributed by atoms with Gasteiger partial charge in [0.2, 0.25) is 55.4 Å². The number of amides is 7. The fourth-order valence-corrected chi connectivity index (χ4v) is 14.9. The number of alkyl carbamates (subject to hydrolysis) is 1. The third kappa shape index (κ3) is 22.1. The number of hydrogen-bond acceptors (Lipinski definition) is 24. The molecule has 4 heterocycles. The van der Waals surface area contributed by atoms with Crippen LogP contribution in [-0.4, -0.2) is 213 Å². The van der Waals surface area contributed by atoms with E-state index in [0.717, 1.165) is 29.0 Å². The Morgan fingerprint density at radius 3 is 1.32 bits per heavy atom. The highest BCUT2D eigenvalue weighted by Gasteiger charge is 2.64. The molecule has 2 aromatic heterocycles. The van der Waals surface area contributed by atoms with E-state index >= 15 is 0 Å². The molecule has 10 rings (SSSR count). The van der Waals surface area contributed by atoms with Gasteiger partial charge in [0.15, 0.2) is 0 Å². The van der Waals surface area contributed by atoms with E-state index in [4.69, 9.17) is 48.4 Å². The van der Waals surface area contributed by atoms with Crippen LogP contribution < -0.4 is 50.1 Å². The summed E-state index contributed by atoms with van der Waals surface area (Å²) < 4.78 is 104. The van der Waals surface area contributed by atoms with Crippen LogP contribution in [0.15, 0.2) is 86.2 Å². The summed E-state index contributed by atoms with van der Waals surface area (Å²) in [7, 11) is -1.80. The van der Waals surface area contributed by atoms with Gasteiger partial charge in [0, 0.05) is 62.1 Å². The number of rotatable bonds is 31. The Bertz CT molecular complexity index is 4240. The topological polar surface area (TPSA) is 406 Å². The maximum Gasteiger partial charge on any atom is 0.509 e. The van der Waals surface area contributed by atoms with E-state index in [1.54, 1.807) is 78.6 Å². The molecule has 0 spiro atoms. The first kappa shape index (κ1) is 90.5. The number of carbonyl (C=O) groups is 8. The van der Waals surface area contributed by atoms with Gasteiger partial charge in [0.1, 0.15) is 75.8 Å². The van der Waals surface area contributed by atoms with Crippen molar-refractivity contribution in [1.82, 2.24) is 45.2 Å². The smallest absolute Gasteiger partial charge is 0.497 e. The van der Waals surface area contributed by atoms with Crippen LogP contribution in [0.25, 0.3) is 21.5 Å². The zero-order valence-electron chi connectivity index (χ0n) is 65.0. The molecule has 7 N–H and O–H groups in total. The SMILES string of the molecule is C=C[C@@H]1C[C@]1(NC(=O)[C@@H]1C[C@@H](Oc2nccc3cc(OC)ccc23)CN1C(=O)C(NC(=O)OC(C)(C)CC)[C@H](C)OC)C(=O)NS(=O)(=O)C1CC1.C=C[C@@H]1C[C@]1(NC(=O)[C@@H]1C[C@@H](Oc2nccc3cc(OC)ccc23)CN1C(=O)[C@@H](N)[C@H](C)OC)C(=O)NS(=O)(=O)C1CC1.CCC(C)(C)OC(=O)OC(C)(C)CC.Cl.Cl. The van der Waals surface area contributed by atoms with E-state index < -0.39 is 167 Å². The number of ether oxygens (including phenoxy) is 9. The van der Waals surface area contributed by atoms with Crippen LogP contribution in [0.4, 0.5) is 9.59 Å². The van der Waals surface area contributed by atoms with Gasteiger partial charge >= 0.3 is 12.2 Å². The molecule has 0 bridgehead atoms. The predicted molar refractivity (Wildman–Crippen MR) is 414 cm³/mol. The van der Waals surface area contributed by atoms with E-state index in [9.17, 15) is 55.2 Å². The van der Waals surface area contributed by atoms with Gasteiger partial charge in [0.05, 0.1) is 50.0 Å². The predicted octanol–water partition coefficient (Wildman–Crippen LogP) is 7.56. The lowest BCUT2D eigenvalue weighted by Crippen LogP contribution is -2.60. The number of aromatic nitrogens is 2. The van der Waals surface area contributed by atoms with Gasteiger partial charge in [-0.25, -0.2) is 36.4 Å². The Kier molecular flexibility index (Phi) is 30.4. The highest BCUT2D eigenvalue weighted by molar-refractivity contribution is 7.91. The highest BCUT2D eigenvalue weighted by atomic mass is 35.5. The quantitative estimate of drug-likeness (QED) is 0.0209. The van der Waals surface area contributed by atoms with Crippen molar-refractivity contribution in [2.75, 3.05) is 41.5 Å². The Morgan fingerprint density at radius 2 is 0.973 bits per heavy atom. The summed E-state index contributed by atoms with van der Waals surface area (Å²) in [6.07, 6.45) is 6.17. The minimum atomic E-state index is -3.91. The zero-order chi connectivity index (χ0) is 79.8. The molecule has 6 fully saturated rings. The number of benzene rings is 2. The summed E-state index contributed by atoms with van der Waals surface area (Å²) in [5.74, 6) is -3.30. The number of methoxy groups -OCH3 is 4. The van der Waals surface area contributed by atoms with Crippen molar-refractivity contribution in [3.8, 4) is 23.3 Å². The van der Waals surface area contributed by atoms with E-state index in [1.807, 2.05) is 72.7 Å². The van der Waals surface area contributed by atoms with Gasteiger partial charge in [-0.3, -0.25) is 38.2 Å². The average Bonchev–Trinajstić information content (AvgIpc) is 1.57. The van der Waals surface area contributed by atoms with Gasteiger partial charge in [0.25, 0.3) is 11.8 Å². The summed E-state index contributed by atoms with van der Waals surface area (Å²) in [6, 6.07) is 9.85. The van der Waals surface area contributed by atoms with Crippen LogP contribution in [0.3, 0.4) is 0 Å². The number of halogens is 2. The van der Waals surface area contributed by atoms with Crippen molar-refractivity contribution in [3.63, 3.8) is 0 Å². The first-order valence-electron chi connectivity index (χ1n) is 36.3. The highest BCUT2D eigenvalue weighted by Crippen LogP contribution is 2.47. The maximum atomic E-state index is 14.4. The Hall–Kier alpha value is -8.34. The Balaban J connectivity index is 0.000000291. The molecule has 4 saturated carbocycles.